The van der Waals surface area contributed by atoms with Crippen LogP contribution in [0.1, 0.15) is 15.9 Å². The summed E-state index contributed by atoms with van der Waals surface area (Å²) < 4.78 is 19.4. The first-order valence-corrected chi connectivity index (χ1v) is 8.67. The van der Waals surface area contributed by atoms with Gasteiger partial charge in [0.1, 0.15) is 5.82 Å². The van der Waals surface area contributed by atoms with Crippen LogP contribution >= 0.6 is 0 Å². The van der Waals surface area contributed by atoms with Gasteiger partial charge in [-0.3, -0.25) is 4.79 Å². The van der Waals surface area contributed by atoms with Gasteiger partial charge in [0.2, 0.25) is 0 Å². The zero-order chi connectivity index (χ0) is 18.3. The van der Waals surface area contributed by atoms with Gasteiger partial charge in [0.25, 0.3) is 5.91 Å². The molecule has 1 fully saturated rings. The van der Waals surface area contributed by atoms with Crippen LogP contribution in [0.3, 0.4) is 0 Å². The van der Waals surface area contributed by atoms with Crippen molar-refractivity contribution in [2.45, 2.75) is 13.0 Å². The van der Waals surface area contributed by atoms with Crippen LogP contribution < -0.4 is 0 Å². The predicted octanol–water partition coefficient (Wildman–Crippen LogP) is 4.43. The van der Waals surface area contributed by atoms with Crippen molar-refractivity contribution < 1.29 is 13.9 Å². The molecule has 0 saturated carbocycles. The Bertz CT molecular complexity index is 993. The first kappa shape index (κ1) is 16.7. The van der Waals surface area contributed by atoms with Gasteiger partial charge in [-0.2, -0.15) is 0 Å². The number of hydrogen-bond acceptors (Lipinski definition) is 2. The van der Waals surface area contributed by atoms with E-state index in [9.17, 15) is 9.18 Å². The quantitative estimate of drug-likeness (QED) is 0.700. The molecule has 0 atom stereocenters. The van der Waals surface area contributed by atoms with E-state index in [-0.39, 0.29) is 17.8 Å². The van der Waals surface area contributed by atoms with Gasteiger partial charge in [-0.15, -0.1) is 0 Å². The fraction of sp³-hybridized carbons (Fsp3) is 0.227. The second kappa shape index (κ2) is 6.54. The molecule has 0 spiro atoms. The topological polar surface area (TPSA) is 29.5 Å². The average Bonchev–Trinajstić information content (AvgIpc) is 2.62. The Morgan fingerprint density at radius 2 is 1.77 bits per heavy atom. The fourth-order valence-corrected chi connectivity index (χ4v) is 3.34. The molecule has 0 aliphatic carbocycles. The van der Waals surface area contributed by atoms with E-state index in [4.69, 9.17) is 4.74 Å². The zero-order valence-electron chi connectivity index (χ0n) is 14.8. The molecule has 1 saturated heterocycles. The third-order valence-corrected chi connectivity index (χ3v) is 4.99. The lowest BCUT2D eigenvalue weighted by Crippen LogP contribution is -2.54. The lowest BCUT2D eigenvalue weighted by Gasteiger charge is -2.38. The molecule has 1 amide bonds. The van der Waals surface area contributed by atoms with Crippen LogP contribution in [0.2, 0.25) is 0 Å². The molecule has 0 unspecified atom stereocenters. The first-order chi connectivity index (χ1) is 12.5. The molecule has 3 aromatic carbocycles. The van der Waals surface area contributed by atoms with Gasteiger partial charge in [0.15, 0.2) is 0 Å². The summed E-state index contributed by atoms with van der Waals surface area (Å²) in [4.78, 5) is 14.3. The summed E-state index contributed by atoms with van der Waals surface area (Å²) in [6.45, 7) is 3.23. The second-order valence-corrected chi connectivity index (χ2v) is 6.83. The van der Waals surface area contributed by atoms with E-state index in [1.54, 1.807) is 18.1 Å². The number of halogens is 1. The number of likely N-dealkylation sites (tertiary alicyclic amines) is 1. The molecule has 3 nitrogen and oxygen atoms in total. The highest BCUT2D eigenvalue weighted by molar-refractivity contribution is 5.99. The summed E-state index contributed by atoms with van der Waals surface area (Å²) >= 11 is 0. The molecule has 0 bridgehead atoms. The monoisotopic (exact) mass is 349 g/mol. The fourth-order valence-electron chi connectivity index (χ4n) is 3.34. The molecule has 1 aliphatic heterocycles. The molecular formula is C22H20FNO2. The smallest absolute Gasteiger partial charge is 0.254 e. The van der Waals surface area contributed by atoms with E-state index < -0.39 is 0 Å². The minimum Gasteiger partial charge on any atom is -0.378 e. The number of hydrogen-bond donors (Lipinski definition) is 0. The van der Waals surface area contributed by atoms with Crippen molar-refractivity contribution in [1.82, 2.24) is 4.90 Å². The minimum atomic E-state index is -0.229. The van der Waals surface area contributed by atoms with Crippen molar-refractivity contribution in [3.8, 4) is 11.1 Å². The molecule has 26 heavy (non-hydrogen) atoms. The van der Waals surface area contributed by atoms with E-state index in [0.29, 0.717) is 24.2 Å². The number of amides is 1. The van der Waals surface area contributed by atoms with Gasteiger partial charge in [-0.25, -0.2) is 4.39 Å². The lowest BCUT2D eigenvalue weighted by atomic mass is 9.98. The van der Waals surface area contributed by atoms with Crippen molar-refractivity contribution in [2.75, 3.05) is 20.2 Å². The minimum absolute atomic E-state index is 0.0222. The van der Waals surface area contributed by atoms with E-state index in [0.717, 1.165) is 21.9 Å². The number of ether oxygens (including phenoxy) is 1. The summed E-state index contributed by atoms with van der Waals surface area (Å²) in [5, 5.41) is 1.95. The molecule has 0 radical (unpaired) electrons. The van der Waals surface area contributed by atoms with Gasteiger partial charge in [0, 0.05) is 31.3 Å². The zero-order valence-corrected chi connectivity index (χ0v) is 14.8. The highest BCUT2D eigenvalue weighted by atomic mass is 19.1. The molecule has 4 heteroatoms. The Balaban J connectivity index is 1.64. The van der Waals surface area contributed by atoms with E-state index in [2.05, 4.69) is 0 Å². The molecular weight excluding hydrogens is 329 g/mol. The number of carbonyl (C=O) groups excluding carboxylic acids is 1. The number of benzene rings is 3. The van der Waals surface area contributed by atoms with Crippen molar-refractivity contribution >= 4 is 16.7 Å². The summed E-state index contributed by atoms with van der Waals surface area (Å²) in [5.74, 6) is -0.207. The predicted molar refractivity (Wildman–Crippen MR) is 101 cm³/mol. The highest BCUT2D eigenvalue weighted by Crippen LogP contribution is 2.28. The first-order valence-electron chi connectivity index (χ1n) is 8.67. The Labute approximate surface area is 152 Å². The normalized spacial score (nSPS) is 14.5. The molecule has 4 rings (SSSR count). The molecule has 0 aromatic heterocycles. The summed E-state index contributed by atoms with van der Waals surface area (Å²) in [6.07, 6.45) is 0.145. The van der Waals surface area contributed by atoms with Crippen molar-refractivity contribution in [3.63, 3.8) is 0 Å². The van der Waals surface area contributed by atoms with Crippen LogP contribution in [-0.2, 0) is 4.74 Å². The average molecular weight is 349 g/mol. The van der Waals surface area contributed by atoms with Crippen LogP contribution in [0.15, 0.2) is 54.6 Å². The van der Waals surface area contributed by atoms with Gasteiger partial charge >= 0.3 is 0 Å². The Morgan fingerprint density at radius 3 is 2.54 bits per heavy atom. The van der Waals surface area contributed by atoms with Gasteiger partial charge in [-0.1, -0.05) is 29.8 Å². The number of methoxy groups -OCH3 is 1. The van der Waals surface area contributed by atoms with Gasteiger partial charge < -0.3 is 9.64 Å². The standard InChI is InChI=1S/C22H20FNO2/c1-14-3-8-21(23)20(9-14)17-6-4-16-11-18(7-5-15(16)10-17)22(25)24-12-19(13-24)26-2/h3-11,19H,12-13H2,1-2H3. The number of rotatable bonds is 3. The number of fused-ring (bicyclic) bond motifs is 1. The summed E-state index contributed by atoms with van der Waals surface area (Å²) in [5.41, 5.74) is 3.12. The lowest BCUT2D eigenvalue weighted by molar-refractivity contribution is -0.0191. The Kier molecular flexibility index (Phi) is 4.21. The third-order valence-electron chi connectivity index (χ3n) is 4.99. The van der Waals surface area contributed by atoms with Crippen molar-refractivity contribution in [1.29, 1.82) is 0 Å². The van der Waals surface area contributed by atoms with Crippen LogP contribution in [0.5, 0.6) is 0 Å². The van der Waals surface area contributed by atoms with E-state index in [1.165, 1.54) is 6.07 Å². The highest BCUT2D eigenvalue weighted by Gasteiger charge is 2.31. The number of nitrogens with zero attached hydrogens (tertiary/aromatic N) is 1. The van der Waals surface area contributed by atoms with Crippen molar-refractivity contribution in [2.24, 2.45) is 0 Å². The SMILES string of the molecule is COC1CN(C(=O)c2ccc3cc(-c4cc(C)ccc4F)ccc3c2)C1. The maximum atomic E-state index is 14.2. The third kappa shape index (κ3) is 2.97. The van der Waals surface area contributed by atoms with E-state index in [1.807, 2.05) is 49.4 Å². The second-order valence-electron chi connectivity index (χ2n) is 6.83. The Hall–Kier alpha value is -2.72. The molecule has 0 N–H and O–H groups in total. The molecule has 1 heterocycles. The number of aryl methyl sites for hydroxylation is 1. The maximum Gasteiger partial charge on any atom is 0.254 e. The summed E-state index contributed by atoms with van der Waals surface area (Å²) in [6, 6.07) is 16.6. The van der Waals surface area contributed by atoms with Crippen LogP contribution in [0, 0.1) is 12.7 Å². The largest absolute Gasteiger partial charge is 0.378 e. The molecule has 3 aromatic rings. The number of carbonyl (C=O) groups is 1. The van der Waals surface area contributed by atoms with Gasteiger partial charge in [-0.05, 0) is 53.6 Å². The van der Waals surface area contributed by atoms with Gasteiger partial charge in [0.05, 0.1) is 6.10 Å². The van der Waals surface area contributed by atoms with Crippen molar-refractivity contribution in [3.05, 3.63) is 71.5 Å². The van der Waals surface area contributed by atoms with Crippen LogP contribution in [0.4, 0.5) is 4.39 Å². The summed E-state index contributed by atoms with van der Waals surface area (Å²) in [7, 11) is 1.66. The Morgan fingerprint density at radius 1 is 1.04 bits per heavy atom. The van der Waals surface area contributed by atoms with Crippen LogP contribution in [-0.4, -0.2) is 37.1 Å². The maximum absolute atomic E-state index is 14.2. The van der Waals surface area contributed by atoms with E-state index >= 15 is 0 Å². The van der Waals surface area contributed by atoms with Crippen LogP contribution in [0.25, 0.3) is 21.9 Å². The molecule has 1 aliphatic rings. The molecule has 132 valence electrons.